The van der Waals surface area contributed by atoms with Crippen molar-refractivity contribution in [2.45, 2.75) is 26.1 Å². The highest BCUT2D eigenvalue weighted by Crippen LogP contribution is 2.28. The van der Waals surface area contributed by atoms with Gasteiger partial charge < -0.3 is 9.67 Å². The smallest absolute Gasteiger partial charge is 0.155 e. The Morgan fingerprint density at radius 2 is 2.00 bits per heavy atom. The molecule has 0 aliphatic carbocycles. The lowest BCUT2D eigenvalue weighted by Gasteiger charge is -2.08. The molecule has 2 aromatic rings. The maximum atomic E-state index is 11.7. The minimum atomic E-state index is -3.07. The van der Waals surface area contributed by atoms with Crippen LogP contribution in [0.15, 0.2) is 24.3 Å². The molecule has 0 atom stereocenters. The second-order valence-electron chi connectivity index (χ2n) is 4.27. The monoisotopic (exact) mass is 267 g/mol. The molecule has 18 heavy (non-hydrogen) atoms. The highest BCUT2D eigenvalue weighted by molar-refractivity contribution is 7.90. The first-order valence-electron chi connectivity index (χ1n) is 5.99. The van der Waals surface area contributed by atoms with Crippen LogP contribution >= 0.6 is 0 Å². The van der Waals surface area contributed by atoms with E-state index in [2.05, 4.69) is 0 Å². The summed E-state index contributed by atoms with van der Waals surface area (Å²) in [4.78, 5) is 0. The third kappa shape index (κ3) is 2.22. The third-order valence-electron chi connectivity index (χ3n) is 3.11. The summed E-state index contributed by atoms with van der Waals surface area (Å²) < 4.78 is 25.3. The Labute approximate surface area is 107 Å². The number of sulfone groups is 1. The molecule has 0 spiro atoms. The number of phenolic OH excluding ortho intramolecular Hbond substituents is 1. The largest absolute Gasteiger partial charge is 0.506 e. The Balaban J connectivity index is 2.62. The lowest BCUT2D eigenvalue weighted by atomic mass is 10.2. The Hall–Kier alpha value is -1.49. The summed E-state index contributed by atoms with van der Waals surface area (Å²) in [5.41, 5.74) is 1.44. The summed E-state index contributed by atoms with van der Waals surface area (Å²) in [7, 11) is -3.07. The van der Waals surface area contributed by atoms with Gasteiger partial charge in [-0.3, -0.25) is 0 Å². The van der Waals surface area contributed by atoms with Crippen LogP contribution in [-0.2, 0) is 22.1 Å². The Morgan fingerprint density at radius 3 is 2.61 bits per heavy atom. The van der Waals surface area contributed by atoms with E-state index in [9.17, 15) is 13.5 Å². The van der Waals surface area contributed by atoms with E-state index in [1.54, 1.807) is 19.1 Å². The molecule has 1 aromatic carbocycles. The van der Waals surface area contributed by atoms with Crippen molar-refractivity contribution in [2.75, 3.05) is 5.75 Å². The Morgan fingerprint density at radius 1 is 1.28 bits per heavy atom. The first-order valence-corrected chi connectivity index (χ1v) is 7.81. The van der Waals surface area contributed by atoms with Gasteiger partial charge in [-0.2, -0.15) is 0 Å². The predicted molar refractivity (Wildman–Crippen MR) is 72.4 cm³/mol. The summed E-state index contributed by atoms with van der Waals surface area (Å²) in [6, 6.07) is 7.09. The maximum Gasteiger partial charge on any atom is 0.155 e. The van der Waals surface area contributed by atoms with Gasteiger partial charge in [0.25, 0.3) is 0 Å². The normalized spacial score (nSPS) is 12.1. The van der Waals surface area contributed by atoms with Crippen LogP contribution in [-0.4, -0.2) is 23.8 Å². The van der Waals surface area contributed by atoms with Gasteiger partial charge in [0.15, 0.2) is 9.84 Å². The second-order valence-corrected chi connectivity index (χ2v) is 6.62. The fourth-order valence-corrected chi connectivity index (χ4v) is 3.06. The van der Waals surface area contributed by atoms with E-state index < -0.39 is 9.84 Å². The highest BCUT2D eigenvalue weighted by atomic mass is 32.2. The van der Waals surface area contributed by atoms with E-state index in [0.29, 0.717) is 12.1 Å². The van der Waals surface area contributed by atoms with Gasteiger partial charge >= 0.3 is 0 Å². The molecule has 5 heteroatoms. The van der Waals surface area contributed by atoms with Crippen molar-refractivity contribution in [2.24, 2.45) is 0 Å². The minimum Gasteiger partial charge on any atom is -0.506 e. The number of aryl methyl sites for hydroxylation is 1. The average Bonchev–Trinajstić information content (AvgIpc) is 2.67. The van der Waals surface area contributed by atoms with E-state index >= 15 is 0 Å². The predicted octanol–water partition coefficient (Wildman–Crippen LogP) is 2.30. The number of benzene rings is 1. The number of para-hydroxylation sites is 1. The van der Waals surface area contributed by atoms with Crippen molar-refractivity contribution in [1.29, 1.82) is 0 Å². The lowest BCUT2D eigenvalue weighted by Crippen LogP contribution is -2.10. The maximum absolute atomic E-state index is 11.7. The Bertz CT molecular complexity index is 671. The zero-order valence-corrected chi connectivity index (χ0v) is 11.4. The summed E-state index contributed by atoms with van der Waals surface area (Å²) in [5, 5.41) is 10.8. The van der Waals surface area contributed by atoms with Crippen molar-refractivity contribution in [3.63, 3.8) is 0 Å². The zero-order chi connectivity index (χ0) is 13.3. The molecular weight excluding hydrogens is 250 g/mol. The van der Waals surface area contributed by atoms with Crippen molar-refractivity contribution in [3.05, 3.63) is 30.0 Å². The average molecular weight is 267 g/mol. The molecule has 4 nitrogen and oxygen atoms in total. The molecule has 1 N–H and O–H groups in total. The minimum absolute atomic E-state index is 0.0193. The van der Waals surface area contributed by atoms with Gasteiger partial charge in [0, 0.05) is 23.4 Å². The van der Waals surface area contributed by atoms with E-state index in [1.165, 1.54) is 0 Å². The summed E-state index contributed by atoms with van der Waals surface area (Å²) in [6.45, 7) is 4.22. The van der Waals surface area contributed by atoms with E-state index in [4.69, 9.17) is 0 Å². The standard InChI is InChI=1S/C13H17NO3S/c1-3-14-11(9-18(16,17)4-2)8-10-6-5-7-12(15)13(10)14/h5-8,15H,3-4,9H2,1-2H3. The molecule has 1 aromatic heterocycles. The lowest BCUT2D eigenvalue weighted by molar-refractivity contribution is 0.477. The second kappa shape index (κ2) is 4.65. The van der Waals surface area contributed by atoms with Crippen molar-refractivity contribution in [3.8, 4) is 5.75 Å². The first-order chi connectivity index (χ1) is 8.48. The fourth-order valence-electron chi connectivity index (χ4n) is 2.17. The number of aromatic hydroxyl groups is 1. The van der Waals surface area contributed by atoms with Crippen LogP contribution in [0.4, 0.5) is 0 Å². The number of fused-ring (bicyclic) bond motifs is 1. The van der Waals surface area contributed by atoms with Gasteiger partial charge in [-0.25, -0.2) is 8.42 Å². The van der Waals surface area contributed by atoms with Crippen LogP contribution < -0.4 is 0 Å². The molecule has 1 heterocycles. The number of rotatable bonds is 4. The van der Waals surface area contributed by atoms with Crippen LogP contribution in [0, 0.1) is 0 Å². The van der Waals surface area contributed by atoms with Gasteiger partial charge in [0.1, 0.15) is 5.75 Å². The molecule has 2 rings (SSSR count). The molecule has 98 valence electrons. The van der Waals surface area contributed by atoms with Crippen LogP contribution in [0.1, 0.15) is 19.5 Å². The van der Waals surface area contributed by atoms with Crippen molar-refractivity contribution >= 4 is 20.7 Å². The number of aromatic nitrogens is 1. The fraction of sp³-hybridized carbons (Fsp3) is 0.385. The van der Waals surface area contributed by atoms with Gasteiger partial charge in [-0.05, 0) is 19.1 Å². The summed E-state index contributed by atoms with van der Waals surface area (Å²) in [6.07, 6.45) is 0. The van der Waals surface area contributed by atoms with Crippen LogP contribution in [0.5, 0.6) is 5.75 Å². The number of nitrogens with zero attached hydrogens (tertiary/aromatic N) is 1. The van der Waals surface area contributed by atoms with Gasteiger partial charge in [0.05, 0.1) is 11.3 Å². The van der Waals surface area contributed by atoms with E-state index in [0.717, 1.165) is 11.1 Å². The topological polar surface area (TPSA) is 59.3 Å². The van der Waals surface area contributed by atoms with Crippen LogP contribution in [0.3, 0.4) is 0 Å². The van der Waals surface area contributed by atoms with Gasteiger partial charge in [0.2, 0.25) is 0 Å². The molecule has 0 fully saturated rings. The number of hydrogen-bond donors (Lipinski definition) is 1. The molecule has 0 aliphatic heterocycles. The quantitative estimate of drug-likeness (QED) is 0.924. The zero-order valence-electron chi connectivity index (χ0n) is 10.5. The summed E-state index contributed by atoms with van der Waals surface area (Å²) in [5.74, 6) is 0.338. The Kier molecular flexibility index (Phi) is 3.34. The number of hydrogen-bond acceptors (Lipinski definition) is 3. The molecule has 0 bridgehead atoms. The third-order valence-corrected chi connectivity index (χ3v) is 4.72. The molecule has 0 saturated carbocycles. The van der Waals surface area contributed by atoms with E-state index in [-0.39, 0.29) is 17.3 Å². The van der Waals surface area contributed by atoms with Crippen molar-refractivity contribution in [1.82, 2.24) is 4.57 Å². The highest BCUT2D eigenvalue weighted by Gasteiger charge is 2.16. The molecule has 0 saturated heterocycles. The van der Waals surface area contributed by atoms with Crippen LogP contribution in [0.2, 0.25) is 0 Å². The van der Waals surface area contributed by atoms with Gasteiger partial charge in [-0.15, -0.1) is 0 Å². The molecule has 0 amide bonds. The van der Waals surface area contributed by atoms with Gasteiger partial charge in [-0.1, -0.05) is 19.1 Å². The van der Waals surface area contributed by atoms with E-state index in [1.807, 2.05) is 23.6 Å². The first kappa shape index (κ1) is 13.0. The van der Waals surface area contributed by atoms with Crippen molar-refractivity contribution < 1.29 is 13.5 Å². The number of phenols is 1. The molecule has 0 radical (unpaired) electrons. The molecule has 0 unspecified atom stereocenters. The molecular formula is C13H17NO3S. The van der Waals surface area contributed by atoms with Crippen LogP contribution in [0.25, 0.3) is 10.9 Å². The SMILES string of the molecule is CCn1c(CS(=O)(=O)CC)cc2cccc(O)c21. The summed E-state index contributed by atoms with van der Waals surface area (Å²) >= 11 is 0. The molecule has 0 aliphatic rings.